The van der Waals surface area contributed by atoms with Crippen LogP contribution in [0, 0.1) is 5.92 Å². The normalized spacial score (nSPS) is 24.5. The lowest BCUT2D eigenvalue weighted by Crippen LogP contribution is -2.26. The van der Waals surface area contributed by atoms with Gasteiger partial charge in [0, 0.05) is 12.5 Å². The average Bonchev–Trinajstić information content (AvgIpc) is 2.56. The zero-order chi connectivity index (χ0) is 9.68. The molecule has 3 heteroatoms. The Bertz CT molecular complexity index is 164. The SMILES string of the molecule is CCCC(CC1CCCO1)C(N)=O. The summed E-state index contributed by atoms with van der Waals surface area (Å²) in [5, 5.41) is 0. The van der Waals surface area contributed by atoms with Gasteiger partial charge in [-0.25, -0.2) is 0 Å². The molecular weight excluding hydrogens is 166 g/mol. The monoisotopic (exact) mass is 185 g/mol. The first-order valence-corrected chi connectivity index (χ1v) is 5.15. The molecule has 0 saturated carbocycles. The summed E-state index contributed by atoms with van der Waals surface area (Å²) in [7, 11) is 0. The Morgan fingerprint density at radius 3 is 2.92 bits per heavy atom. The number of carbonyl (C=O) groups excluding carboxylic acids is 1. The molecule has 76 valence electrons. The Morgan fingerprint density at radius 1 is 1.69 bits per heavy atom. The lowest BCUT2D eigenvalue weighted by molar-refractivity contribution is -0.123. The van der Waals surface area contributed by atoms with Gasteiger partial charge >= 0.3 is 0 Å². The summed E-state index contributed by atoms with van der Waals surface area (Å²) in [6.45, 7) is 2.92. The Balaban J connectivity index is 2.32. The molecule has 0 aromatic rings. The molecule has 1 fully saturated rings. The Labute approximate surface area is 79.6 Å². The fourth-order valence-electron chi connectivity index (χ4n) is 1.87. The van der Waals surface area contributed by atoms with Crippen molar-refractivity contribution in [2.75, 3.05) is 6.61 Å². The third-order valence-electron chi connectivity index (χ3n) is 2.61. The van der Waals surface area contributed by atoms with Crippen LogP contribution < -0.4 is 5.73 Å². The Hall–Kier alpha value is -0.570. The van der Waals surface area contributed by atoms with E-state index in [9.17, 15) is 4.79 Å². The highest BCUT2D eigenvalue weighted by Gasteiger charge is 2.23. The fraction of sp³-hybridized carbons (Fsp3) is 0.900. The van der Waals surface area contributed by atoms with Crippen LogP contribution in [-0.4, -0.2) is 18.6 Å². The van der Waals surface area contributed by atoms with Crippen LogP contribution in [0.3, 0.4) is 0 Å². The van der Waals surface area contributed by atoms with Gasteiger partial charge in [0.2, 0.25) is 5.91 Å². The van der Waals surface area contributed by atoms with Gasteiger partial charge in [-0.15, -0.1) is 0 Å². The van der Waals surface area contributed by atoms with E-state index in [1.54, 1.807) is 0 Å². The van der Waals surface area contributed by atoms with Crippen molar-refractivity contribution in [2.24, 2.45) is 11.7 Å². The Kier molecular flexibility index (Phi) is 4.22. The maximum Gasteiger partial charge on any atom is 0.220 e. The standard InChI is InChI=1S/C10H19NO2/c1-2-4-8(10(11)12)7-9-5-3-6-13-9/h8-9H,2-7H2,1H3,(H2,11,12). The molecule has 1 aliphatic rings. The van der Waals surface area contributed by atoms with Gasteiger partial charge in [-0.3, -0.25) is 4.79 Å². The molecule has 2 atom stereocenters. The molecule has 0 aromatic carbocycles. The molecule has 1 heterocycles. The molecule has 2 N–H and O–H groups in total. The lowest BCUT2D eigenvalue weighted by Gasteiger charge is -2.16. The van der Waals surface area contributed by atoms with Crippen molar-refractivity contribution in [3.8, 4) is 0 Å². The first kappa shape index (κ1) is 10.5. The van der Waals surface area contributed by atoms with Gasteiger partial charge in [-0.2, -0.15) is 0 Å². The largest absolute Gasteiger partial charge is 0.378 e. The molecule has 1 saturated heterocycles. The van der Waals surface area contributed by atoms with Crippen LogP contribution in [0.15, 0.2) is 0 Å². The molecule has 2 unspecified atom stereocenters. The van der Waals surface area contributed by atoms with E-state index in [1.807, 2.05) is 0 Å². The van der Waals surface area contributed by atoms with E-state index in [0.717, 1.165) is 38.7 Å². The van der Waals surface area contributed by atoms with E-state index >= 15 is 0 Å². The van der Waals surface area contributed by atoms with Crippen molar-refractivity contribution in [2.45, 2.75) is 45.1 Å². The molecule has 1 rings (SSSR count). The van der Waals surface area contributed by atoms with E-state index < -0.39 is 0 Å². The van der Waals surface area contributed by atoms with Crippen LogP contribution in [0.1, 0.15) is 39.0 Å². The van der Waals surface area contributed by atoms with E-state index in [-0.39, 0.29) is 17.9 Å². The zero-order valence-electron chi connectivity index (χ0n) is 8.29. The molecule has 0 radical (unpaired) electrons. The summed E-state index contributed by atoms with van der Waals surface area (Å²) in [5.41, 5.74) is 5.31. The summed E-state index contributed by atoms with van der Waals surface area (Å²) in [6, 6.07) is 0. The van der Waals surface area contributed by atoms with Crippen LogP contribution in [-0.2, 0) is 9.53 Å². The first-order chi connectivity index (χ1) is 6.24. The highest BCUT2D eigenvalue weighted by Crippen LogP contribution is 2.22. The summed E-state index contributed by atoms with van der Waals surface area (Å²) < 4.78 is 5.47. The van der Waals surface area contributed by atoms with Gasteiger partial charge in [0.05, 0.1) is 6.10 Å². The Morgan fingerprint density at radius 2 is 2.46 bits per heavy atom. The summed E-state index contributed by atoms with van der Waals surface area (Å²) in [4.78, 5) is 11.0. The van der Waals surface area contributed by atoms with Crippen molar-refractivity contribution in [1.29, 1.82) is 0 Å². The van der Waals surface area contributed by atoms with Gasteiger partial charge < -0.3 is 10.5 Å². The van der Waals surface area contributed by atoms with Gasteiger partial charge in [0.15, 0.2) is 0 Å². The van der Waals surface area contributed by atoms with Crippen molar-refractivity contribution in [3.05, 3.63) is 0 Å². The second kappa shape index (κ2) is 5.22. The number of carbonyl (C=O) groups is 1. The minimum atomic E-state index is -0.169. The third-order valence-corrected chi connectivity index (χ3v) is 2.61. The number of primary amides is 1. The molecule has 0 aromatic heterocycles. The molecule has 0 spiro atoms. The minimum Gasteiger partial charge on any atom is -0.378 e. The predicted octanol–water partition coefficient (Wildman–Crippen LogP) is 1.46. The lowest BCUT2D eigenvalue weighted by atomic mass is 9.95. The summed E-state index contributed by atoms with van der Waals surface area (Å²) in [6.07, 6.45) is 5.23. The number of rotatable bonds is 5. The average molecular weight is 185 g/mol. The molecule has 0 bridgehead atoms. The zero-order valence-corrected chi connectivity index (χ0v) is 8.29. The molecule has 1 amide bonds. The summed E-state index contributed by atoms with van der Waals surface area (Å²) >= 11 is 0. The maximum absolute atomic E-state index is 11.0. The third kappa shape index (κ3) is 3.35. The molecular formula is C10H19NO2. The maximum atomic E-state index is 11.0. The molecule has 0 aliphatic carbocycles. The van der Waals surface area contributed by atoms with Crippen molar-refractivity contribution in [3.63, 3.8) is 0 Å². The molecule has 3 nitrogen and oxygen atoms in total. The van der Waals surface area contributed by atoms with Crippen molar-refractivity contribution < 1.29 is 9.53 Å². The number of amides is 1. The van der Waals surface area contributed by atoms with Gasteiger partial charge in [0.1, 0.15) is 0 Å². The van der Waals surface area contributed by atoms with Crippen molar-refractivity contribution in [1.82, 2.24) is 0 Å². The van der Waals surface area contributed by atoms with E-state index in [4.69, 9.17) is 10.5 Å². The number of nitrogens with two attached hydrogens (primary N) is 1. The first-order valence-electron chi connectivity index (χ1n) is 5.15. The highest BCUT2D eigenvalue weighted by molar-refractivity contribution is 5.76. The minimum absolute atomic E-state index is 0.0214. The highest BCUT2D eigenvalue weighted by atomic mass is 16.5. The topological polar surface area (TPSA) is 52.3 Å². The van der Waals surface area contributed by atoms with E-state index in [1.165, 1.54) is 0 Å². The summed E-state index contributed by atoms with van der Waals surface area (Å²) in [5.74, 6) is -0.148. The van der Waals surface area contributed by atoms with Crippen LogP contribution in [0.2, 0.25) is 0 Å². The fourth-order valence-corrected chi connectivity index (χ4v) is 1.87. The van der Waals surface area contributed by atoms with E-state index in [2.05, 4.69) is 6.92 Å². The number of hydrogen-bond acceptors (Lipinski definition) is 2. The number of ether oxygens (including phenoxy) is 1. The predicted molar refractivity (Wildman–Crippen MR) is 51.2 cm³/mol. The second-order valence-corrected chi connectivity index (χ2v) is 3.76. The number of hydrogen-bond donors (Lipinski definition) is 1. The molecule has 13 heavy (non-hydrogen) atoms. The van der Waals surface area contributed by atoms with Crippen LogP contribution in [0.25, 0.3) is 0 Å². The van der Waals surface area contributed by atoms with Gasteiger partial charge in [0.25, 0.3) is 0 Å². The van der Waals surface area contributed by atoms with Gasteiger partial charge in [-0.1, -0.05) is 13.3 Å². The molecule has 1 aliphatic heterocycles. The quantitative estimate of drug-likeness (QED) is 0.705. The van der Waals surface area contributed by atoms with Crippen LogP contribution in [0.4, 0.5) is 0 Å². The smallest absolute Gasteiger partial charge is 0.220 e. The van der Waals surface area contributed by atoms with Crippen LogP contribution in [0.5, 0.6) is 0 Å². The van der Waals surface area contributed by atoms with Crippen LogP contribution >= 0.6 is 0 Å². The van der Waals surface area contributed by atoms with Crippen molar-refractivity contribution >= 4 is 5.91 Å². The second-order valence-electron chi connectivity index (χ2n) is 3.76. The van der Waals surface area contributed by atoms with Gasteiger partial charge in [-0.05, 0) is 25.7 Å². The van der Waals surface area contributed by atoms with E-state index in [0.29, 0.717) is 0 Å².